The van der Waals surface area contributed by atoms with Gasteiger partial charge < -0.3 is 19.7 Å². The van der Waals surface area contributed by atoms with Crippen molar-refractivity contribution in [3.05, 3.63) is 66.3 Å². The summed E-state index contributed by atoms with van der Waals surface area (Å²) in [5.41, 5.74) is 1.22. The first-order valence-corrected chi connectivity index (χ1v) is 14.8. The topological polar surface area (TPSA) is 156 Å². The lowest BCUT2D eigenvalue weighted by atomic mass is 10.0. The molecule has 1 fully saturated rings. The Morgan fingerprint density at radius 2 is 1.77 bits per heavy atom. The summed E-state index contributed by atoms with van der Waals surface area (Å²) in [6.45, 7) is 2.94. The van der Waals surface area contributed by atoms with E-state index >= 15 is 0 Å². The molecule has 39 heavy (non-hydrogen) atoms. The van der Waals surface area contributed by atoms with Crippen molar-refractivity contribution in [2.24, 2.45) is 5.92 Å². The molecule has 1 saturated heterocycles. The normalized spacial score (nSPS) is 16.0. The van der Waals surface area contributed by atoms with E-state index in [4.69, 9.17) is 4.42 Å². The monoisotopic (exact) mass is 555 g/mol. The van der Waals surface area contributed by atoms with Gasteiger partial charge in [0.15, 0.2) is 15.9 Å². The zero-order valence-corrected chi connectivity index (χ0v) is 22.6. The van der Waals surface area contributed by atoms with Crippen LogP contribution in [0.5, 0.6) is 0 Å². The lowest BCUT2D eigenvalue weighted by Gasteiger charge is -2.25. The maximum Gasteiger partial charge on any atom is 0.248 e. The van der Waals surface area contributed by atoms with Crippen LogP contribution in [0.4, 0.5) is 0 Å². The van der Waals surface area contributed by atoms with E-state index in [1.807, 2.05) is 0 Å². The average Bonchev–Trinajstić information content (AvgIpc) is 3.65. The molecule has 4 rings (SSSR count). The molecule has 0 radical (unpaired) electrons. The fourth-order valence-corrected chi connectivity index (χ4v) is 6.27. The van der Waals surface area contributed by atoms with Crippen LogP contribution in [0.3, 0.4) is 0 Å². The molecule has 3 atom stereocenters. The van der Waals surface area contributed by atoms with Crippen molar-refractivity contribution in [2.45, 2.75) is 50.5 Å². The SMILES string of the molecule is CCC(NC(=O)C(CC(=O)N1CCCC1)CS(=O)(=O)Cc1ccccc1)C(O)c1nnc(-c2ccncc2)o1. The number of hydrogen-bond acceptors (Lipinski definition) is 9. The van der Waals surface area contributed by atoms with Gasteiger partial charge in [-0.1, -0.05) is 37.3 Å². The number of nitrogens with one attached hydrogen (secondary N) is 1. The van der Waals surface area contributed by atoms with Crippen molar-refractivity contribution >= 4 is 21.7 Å². The number of pyridine rings is 1. The van der Waals surface area contributed by atoms with Gasteiger partial charge in [-0.3, -0.25) is 14.6 Å². The summed E-state index contributed by atoms with van der Waals surface area (Å²) in [6.07, 6.45) is 3.62. The van der Waals surface area contributed by atoms with Crippen molar-refractivity contribution in [3.8, 4) is 11.5 Å². The Kier molecular flexibility index (Phi) is 9.41. The summed E-state index contributed by atoms with van der Waals surface area (Å²) >= 11 is 0. The van der Waals surface area contributed by atoms with Crippen LogP contribution in [-0.4, -0.2) is 70.3 Å². The van der Waals surface area contributed by atoms with Gasteiger partial charge in [-0.15, -0.1) is 10.2 Å². The van der Waals surface area contributed by atoms with Gasteiger partial charge in [0.1, 0.15) is 0 Å². The van der Waals surface area contributed by atoms with Gasteiger partial charge in [-0.25, -0.2) is 8.42 Å². The third-order valence-electron chi connectivity index (χ3n) is 6.70. The smallest absolute Gasteiger partial charge is 0.248 e. The van der Waals surface area contributed by atoms with Crippen molar-refractivity contribution in [1.82, 2.24) is 25.4 Å². The molecule has 2 aromatic heterocycles. The molecular weight excluding hydrogens is 522 g/mol. The van der Waals surface area contributed by atoms with Crippen LogP contribution in [0.25, 0.3) is 11.5 Å². The number of carbonyl (C=O) groups is 2. The van der Waals surface area contributed by atoms with Gasteiger partial charge in [-0.05, 0) is 37.0 Å². The number of sulfone groups is 1. The molecule has 0 spiro atoms. The average molecular weight is 556 g/mol. The summed E-state index contributed by atoms with van der Waals surface area (Å²) in [7, 11) is -3.73. The van der Waals surface area contributed by atoms with Crippen molar-refractivity contribution in [3.63, 3.8) is 0 Å². The largest absolute Gasteiger partial charge is 0.418 e. The predicted molar refractivity (Wildman–Crippen MR) is 143 cm³/mol. The molecule has 1 aliphatic heterocycles. The van der Waals surface area contributed by atoms with E-state index in [2.05, 4.69) is 20.5 Å². The number of benzene rings is 1. The quantitative estimate of drug-likeness (QED) is 0.342. The molecule has 1 aliphatic rings. The van der Waals surface area contributed by atoms with Crippen LogP contribution in [0.15, 0.2) is 59.3 Å². The highest BCUT2D eigenvalue weighted by molar-refractivity contribution is 7.90. The summed E-state index contributed by atoms with van der Waals surface area (Å²) in [5, 5.41) is 21.6. The van der Waals surface area contributed by atoms with Crippen molar-refractivity contribution in [2.75, 3.05) is 18.8 Å². The highest BCUT2D eigenvalue weighted by atomic mass is 32.2. The van der Waals surface area contributed by atoms with Crippen LogP contribution in [-0.2, 0) is 25.2 Å². The van der Waals surface area contributed by atoms with E-state index in [1.165, 1.54) is 0 Å². The molecule has 3 unspecified atom stereocenters. The maximum atomic E-state index is 13.4. The molecule has 1 aromatic carbocycles. The van der Waals surface area contributed by atoms with Crippen LogP contribution in [0.2, 0.25) is 0 Å². The third-order valence-corrected chi connectivity index (χ3v) is 8.39. The van der Waals surface area contributed by atoms with Crippen LogP contribution in [0, 0.1) is 5.92 Å². The Balaban J connectivity index is 1.48. The van der Waals surface area contributed by atoms with E-state index in [0.29, 0.717) is 30.6 Å². The molecule has 0 saturated carbocycles. The number of aromatic nitrogens is 3. The van der Waals surface area contributed by atoms with Crippen molar-refractivity contribution < 1.29 is 27.5 Å². The first-order valence-electron chi connectivity index (χ1n) is 13.0. The van der Waals surface area contributed by atoms with Crippen molar-refractivity contribution in [1.29, 1.82) is 0 Å². The van der Waals surface area contributed by atoms with E-state index in [-0.39, 0.29) is 29.9 Å². The number of rotatable bonds is 12. The highest BCUT2D eigenvalue weighted by Gasteiger charge is 2.34. The molecule has 0 aliphatic carbocycles. The molecule has 3 aromatic rings. The molecule has 2 amide bonds. The number of amides is 2. The fraction of sp³-hybridized carbons (Fsp3) is 0.444. The second-order valence-corrected chi connectivity index (χ2v) is 11.8. The molecule has 11 nitrogen and oxygen atoms in total. The maximum absolute atomic E-state index is 13.4. The number of likely N-dealkylation sites (tertiary alicyclic amines) is 1. The Labute approximate surface area is 227 Å². The van der Waals surface area contributed by atoms with E-state index in [1.54, 1.807) is 66.7 Å². The van der Waals surface area contributed by atoms with Gasteiger partial charge in [0.05, 0.1) is 23.5 Å². The first kappa shape index (κ1) is 28.4. The Morgan fingerprint density at radius 3 is 2.44 bits per heavy atom. The van der Waals surface area contributed by atoms with Gasteiger partial charge in [0.2, 0.25) is 23.6 Å². The van der Waals surface area contributed by atoms with E-state index in [0.717, 1.165) is 12.8 Å². The number of nitrogens with zero attached hydrogens (tertiary/aromatic N) is 4. The second kappa shape index (κ2) is 12.9. The Bertz CT molecular complexity index is 1340. The van der Waals surface area contributed by atoms with Gasteiger partial charge in [0.25, 0.3) is 0 Å². The Hall–Kier alpha value is -3.64. The minimum absolute atomic E-state index is 0.0876. The summed E-state index contributed by atoms with van der Waals surface area (Å²) in [4.78, 5) is 31.9. The fourth-order valence-electron chi connectivity index (χ4n) is 4.57. The third kappa shape index (κ3) is 7.70. The van der Waals surface area contributed by atoms with Crippen LogP contribution in [0.1, 0.15) is 50.2 Å². The second-order valence-electron chi connectivity index (χ2n) is 9.68. The lowest BCUT2D eigenvalue weighted by Crippen LogP contribution is -2.45. The van der Waals surface area contributed by atoms with Gasteiger partial charge >= 0.3 is 0 Å². The van der Waals surface area contributed by atoms with Crippen LogP contribution < -0.4 is 5.32 Å². The Morgan fingerprint density at radius 1 is 1.08 bits per heavy atom. The van der Waals surface area contributed by atoms with Crippen LogP contribution >= 0.6 is 0 Å². The zero-order chi connectivity index (χ0) is 27.8. The number of aliphatic hydroxyl groups is 1. The van der Waals surface area contributed by atoms with Gasteiger partial charge in [0, 0.05) is 37.5 Å². The molecule has 3 heterocycles. The number of carbonyl (C=O) groups excluding carboxylic acids is 2. The van der Waals surface area contributed by atoms with Gasteiger partial charge in [-0.2, -0.15) is 0 Å². The molecular formula is C27H33N5O6S. The molecule has 12 heteroatoms. The standard InChI is InChI=1S/C27H33N5O6S/c1-2-22(24(34)27-31-30-26(38-27)20-10-12-28-13-11-20)29-25(35)21(16-23(33)32-14-6-7-15-32)18-39(36,37)17-19-8-4-3-5-9-19/h3-5,8-13,21-22,24,34H,2,6-7,14-18H2,1H3,(H,29,35). The highest BCUT2D eigenvalue weighted by Crippen LogP contribution is 2.24. The molecule has 208 valence electrons. The summed E-state index contributed by atoms with van der Waals surface area (Å²) < 4.78 is 31.8. The molecule has 0 bridgehead atoms. The first-order chi connectivity index (χ1) is 18.8. The number of hydrogen-bond donors (Lipinski definition) is 2. The predicted octanol–water partition coefficient (Wildman–Crippen LogP) is 2.30. The van der Waals surface area contributed by atoms with E-state index in [9.17, 15) is 23.1 Å². The zero-order valence-electron chi connectivity index (χ0n) is 21.8. The van der Waals surface area contributed by atoms with E-state index < -0.39 is 39.6 Å². The minimum atomic E-state index is -3.73. The number of aliphatic hydroxyl groups excluding tert-OH is 1. The molecule has 2 N–H and O–H groups in total. The summed E-state index contributed by atoms with van der Waals surface area (Å²) in [6, 6.07) is 11.2. The minimum Gasteiger partial charge on any atom is -0.418 e. The summed E-state index contributed by atoms with van der Waals surface area (Å²) in [5.74, 6) is -2.64. The lowest BCUT2D eigenvalue weighted by molar-refractivity contribution is -0.135.